The molecule has 0 aliphatic carbocycles. The predicted molar refractivity (Wildman–Crippen MR) is 98.5 cm³/mol. The molecule has 148 valence electrons. The third-order valence-corrected chi connectivity index (χ3v) is 5.45. The second kappa shape index (κ2) is 6.59. The van der Waals surface area contributed by atoms with Crippen LogP contribution >= 0.6 is 11.3 Å². The molecule has 0 unspecified atom stereocenters. The van der Waals surface area contributed by atoms with E-state index in [0.29, 0.717) is 28.3 Å². The first-order chi connectivity index (χ1) is 12.9. The first-order valence-corrected chi connectivity index (χ1v) is 8.86. The maximum Gasteiger partial charge on any atom is 0.433 e. The fourth-order valence-corrected chi connectivity index (χ4v) is 4.06. The lowest BCUT2D eigenvalue weighted by Gasteiger charge is -2.10. The molecule has 11 heteroatoms. The summed E-state index contributed by atoms with van der Waals surface area (Å²) in [4.78, 5) is 28.2. The van der Waals surface area contributed by atoms with E-state index >= 15 is 0 Å². The number of amides is 2. The van der Waals surface area contributed by atoms with Gasteiger partial charge in [0, 0.05) is 18.1 Å². The minimum absolute atomic E-state index is 0.0314. The molecular weight excluding hydrogens is 395 g/mol. The summed E-state index contributed by atoms with van der Waals surface area (Å²) in [6.45, 7) is 4.82. The van der Waals surface area contributed by atoms with Gasteiger partial charge in [-0.15, -0.1) is 11.3 Å². The van der Waals surface area contributed by atoms with Crippen molar-refractivity contribution in [2.75, 3.05) is 5.32 Å². The van der Waals surface area contributed by atoms with Crippen LogP contribution in [-0.2, 0) is 13.2 Å². The van der Waals surface area contributed by atoms with E-state index in [2.05, 4.69) is 15.4 Å². The van der Waals surface area contributed by atoms with Gasteiger partial charge in [0.1, 0.15) is 15.4 Å². The summed E-state index contributed by atoms with van der Waals surface area (Å²) >= 11 is 0.706. The second-order valence-electron chi connectivity index (χ2n) is 6.30. The number of hydrogen-bond donors (Lipinski definition) is 2. The maximum atomic E-state index is 13.1. The highest BCUT2D eigenvalue weighted by Gasteiger charge is 2.34. The number of aromatic nitrogens is 3. The largest absolute Gasteiger partial charge is 0.433 e. The van der Waals surface area contributed by atoms with Crippen LogP contribution in [0.15, 0.2) is 6.07 Å². The van der Waals surface area contributed by atoms with Gasteiger partial charge in [-0.05, 0) is 32.4 Å². The summed E-state index contributed by atoms with van der Waals surface area (Å²) in [7, 11) is 1.68. The molecule has 0 aliphatic heterocycles. The number of thiophene rings is 1. The Morgan fingerprint density at radius 1 is 1.25 bits per heavy atom. The van der Waals surface area contributed by atoms with Gasteiger partial charge in [0.25, 0.3) is 11.8 Å². The maximum absolute atomic E-state index is 13.1. The van der Waals surface area contributed by atoms with Crippen molar-refractivity contribution in [1.82, 2.24) is 14.8 Å². The third kappa shape index (κ3) is 3.21. The zero-order valence-corrected chi connectivity index (χ0v) is 16.2. The van der Waals surface area contributed by atoms with Crippen molar-refractivity contribution in [1.29, 1.82) is 0 Å². The normalized spacial score (nSPS) is 11.8. The Morgan fingerprint density at radius 3 is 2.39 bits per heavy atom. The summed E-state index contributed by atoms with van der Waals surface area (Å²) in [5.74, 6) is -1.41. The number of aryl methyl sites for hydroxylation is 3. The van der Waals surface area contributed by atoms with Crippen LogP contribution in [0.2, 0.25) is 0 Å². The van der Waals surface area contributed by atoms with Gasteiger partial charge in [-0.1, -0.05) is 0 Å². The van der Waals surface area contributed by atoms with Gasteiger partial charge in [0.2, 0.25) is 0 Å². The van der Waals surface area contributed by atoms with E-state index in [-0.39, 0.29) is 26.3 Å². The van der Waals surface area contributed by atoms with Gasteiger partial charge in [-0.25, -0.2) is 4.98 Å². The van der Waals surface area contributed by atoms with E-state index in [4.69, 9.17) is 5.73 Å². The fourth-order valence-electron chi connectivity index (χ4n) is 3.00. The number of pyridine rings is 1. The highest BCUT2D eigenvalue weighted by atomic mass is 32.1. The van der Waals surface area contributed by atoms with Gasteiger partial charge in [0.15, 0.2) is 0 Å². The minimum atomic E-state index is -4.64. The van der Waals surface area contributed by atoms with E-state index in [1.807, 2.05) is 0 Å². The molecule has 0 radical (unpaired) electrons. The summed E-state index contributed by atoms with van der Waals surface area (Å²) in [5.41, 5.74) is 5.97. The number of anilines is 1. The van der Waals surface area contributed by atoms with Crippen LogP contribution < -0.4 is 11.1 Å². The zero-order valence-electron chi connectivity index (χ0n) is 15.4. The van der Waals surface area contributed by atoms with Crippen molar-refractivity contribution in [3.63, 3.8) is 0 Å². The summed E-state index contributed by atoms with van der Waals surface area (Å²) < 4.78 is 40.7. The van der Waals surface area contributed by atoms with E-state index in [9.17, 15) is 22.8 Å². The monoisotopic (exact) mass is 411 g/mol. The molecule has 2 amide bonds. The molecular formula is C17H16F3N5O2S. The van der Waals surface area contributed by atoms with Crippen molar-refractivity contribution in [2.24, 2.45) is 12.8 Å². The molecule has 0 saturated heterocycles. The molecule has 0 aliphatic rings. The Kier molecular flexibility index (Phi) is 4.66. The SMILES string of the molecule is Cc1nn(C)c(C)c1C(=O)Nc1c(C(N)=O)sc2nc(C(F)(F)F)cc(C)c12. The van der Waals surface area contributed by atoms with Crippen LogP contribution in [0, 0.1) is 20.8 Å². The Morgan fingerprint density at radius 2 is 1.89 bits per heavy atom. The Hall–Kier alpha value is -2.95. The van der Waals surface area contributed by atoms with Crippen molar-refractivity contribution in [2.45, 2.75) is 26.9 Å². The first kappa shape index (κ1) is 19.8. The van der Waals surface area contributed by atoms with Crippen LogP contribution in [0.25, 0.3) is 10.2 Å². The molecule has 3 aromatic rings. The molecule has 7 nitrogen and oxygen atoms in total. The highest BCUT2D eigenvalue weighted by Crippen LogP contribution is 2.40. The van der Waals surface area contributed by atoms with Crippen LogP contribution in [0.5, 0.6) is 0 Å². The molecule has 0 fully saturated rings. The number of primary amides is 1. The van der Waals surface area contributed by atoms with Crippen LogP contribution in [0.1, 0.15) is 42.7 Å². The standard InChI is InChI=1S/C17H16F3N5O2S/c1-6-5-9(17(18,19)20)22-16-10(6)12(13(28-16)14(21)26)23-15(27)11-7(2)24-25(4)8(11)3/h5H,1-4H3,(H2,21,26)(H,23,27). The Labute approximate surface area is 161 Å². The number of carbonyl (C=O) groups excluding carboxylic acids is 2. The quantitative estimate of drug-likeness (QED) is 0.690. The summed E-state index contributed by atoms with van der Waals surface area (Å²) in [5, 5.41) is 7.04. The van der Waals surface area contributed by atoms with Gasteiger partial charge >= 0.3 is 6.18 Å². The molecule has 0 atom stereocenters. The first-order valence-electron chi connectivity index (χ1n) is 8.04. The van der Waals surface area contributed by atoms with Gasteiger partial charge in [-0.3, -0.25) is 14.3 Å². The van der Waals surface area contributed by atoms with Crippen molar-refractivity contribution >= 4 is 39.1 Å². The highest BCUT2D eigenvalue weighted by molar-refractivity contribution is 7.21. The fraction of sp³-hybridized carbons (Fsp3) is 0.294. The average Bonchev–Trinajstić information content (AvgIpc) is 3.04. The molecule has 0 aromatic carbocycles. The Balaban J connectivity index is 2.18. The molecule has 0 bridgehead atoms. The topological polar surface area (TPSA) is 103 Å². The predicted octanol–water partition coefficient (Wildman–Crippen LogP) is 3.33. The van der Waals surface area contributed by atoms with Crippen molar-refractivity contribution in [3.8, 4) is 0 Å². The minimum Gasteiger partial charge on any atom is -0.365 e. The van der Waals surface area contributed by atoms with E-state index in [1.54, 1.807) is 20.9 Å². The molecule has 3 N–H and O–H groups in total. The lowest BCUT2D eigenvalue weighted by molar-refractivity contribution is -0.141. The molecule has 3 heterocycles. The number of nitrogens with one attached hydrogen (secondary N) is 1. The average molecular weight is 411 g/mol. The lowest BCUT2D eigenvalue weighted by Crippen LogP contribution is -2.18. The van der Waals surface area contributed by atoms with E-state index < -0.39 is 23.7 Å². The van der Waals surface area contributed by atoms with Gasteiger partial charge in [0.05, 0.1) is 16.9 Å². The zero-order chi connectivity index (χ0) is 21.0. The molecule has 0 spiro atoms. The van der Waals surface area contributed by atoms with Crippen molar-refractivity contribution in [3.05, 3.63) is 39.2 Å². The van der Waals surface area contributed by atoms with Crippen LogP contribution in [0.3, 0.4) is 0 Å². The van der Waals surface area contributed by atoms with Gasteiger partial charge in [-0.2, -0.15) is 18.3 Å². The Bertz CT molecular complexity index is 1130. The molecule has 3 rings (SSSR count). The number of alkyl halides is 3. The number of halogens is 3. The van der Waals surface area contributed by atoms with Crippen molar-refractivity contribution < 1.29 is 22.8 Å². The molecule has 3 aromatic heterocycles. The number of hydrogen-bond acceptors (Lipinski definition) is 5. The smallest absolute Gasteiger partial charge is 0.365 e. The molecule has 0 saturated carbocycles. The third-order valence-electron chi connectivity index (χ3n) is 4.35. The molecule has 28 heavy (non-hydrogen) atoms. The summed E-state index contributed by atoms with van der Waals surface area (Å²) in [6.07, 6.45) is -4.64. The lowest BCUT2D eigenvalue weighted by atomic mass is 10.1. The number of rotatable bonds is 3. The number of carbonyl (C=O) groups is 2. The van der Waals surface area contributed by atoms with Crippen LogP contribution in [-0.4, -0.2) is 26.6 Å². The number of nitrogens with two attached hydrogens (primary N) is 1. The summed E-state index contributed by atoms with van der Waals surface area (Å²) in [6, 6.07) is 0.871. The van der Waals surface area contributed by atoms with E-state index in [0.717, 1.165) is 6.07 Å². The second-order valence-corrected chi connectivity index (χ2v) is 7.30. The van der Waals surface area contributed by atoms with Crippen LogP contribution in [0.4, 0.5) is 18.9 Å². The number of nitrogens with zero attached hydrogens (tertiary/aromatic N) is 3. The number of fused-ring (bicyclic) bond motifs is 1. The van der Waals surface area contributed by atoms with E-state index in [1.165, 1.54) is 11.6 Å². The van der Waals surface area contributed by atoms with Gasteiger partial charge < -0.3 is 11.1 Å².